The van der Waals surface area contributed by atoms with Gasteiger partial charge in [0.2, 0.25) is 0 Å². The molecule has 144 valence electrons. The molecular weight excluding hydrogens is 350 g/mol. The Kier molecular flexibility index (Phi) is 7.49. The Morgan fingerprint density at radius 3 is 2.52 bits per heavy atom. The second kappa shape index (κ2) is 10.1. The minimum atomic E-state index is -0.480. The number of esters is 1. The fraction of sp³-hybridized carbons (Fsp3) is 0.300. The van der Waals surface area contributed by atoms with Crippen LogP contribution in [0.4, 0.5) is 0 Å². The Bertz CT molecular complexity index is 790. The third-order valence-electron chi connectivity index (χ3n) is 3.63. The van der Waals surface area contributed by atoms with Crippen molar-refractivity contribution in [1.82, 2.24) is 5.32 Å². The predicted molar refractivity (Wildman–Crippen MR) is 99.5 cm³/mol. The number of benzene rings is 2. The van der Waals surface area contributed by atoms with Gasteiger partial charge < -0.3 is 24.3 Å². The van der Waals surface area contributed by atoms with Gasteiger partial charge in [-0.1, -0.05) is 12.1 Å². The zero-order valence-corrected chi connectivity index (χ0v) is 15.6. The van der Waals surface area contributed by atoms with Gasteiger partial charge >= 0.3 is 5.97 Å². The van der Waals surface area contributed by atoms with Gasteiger partial charge in [-0.3, -0.25) is 4.79 Å². The lowest BCUT2D eigenvalue weighted by atomic mass is 10.2. The molecule has 0 heterocycles. The molecule has 0 aliphatic rings. The van der Waals surface area contributed by atoms with E-state index in [1.807, 2.05) is 31.2 Å². The number of hydrogen-bond acceptors (Lipinski definition) is 6. The first-order chi connectivity index (χ1) is 13.0. The predicted octanol–water partition coefficient (Wildman–Crippen LogP) is 2.36. The number of methoxy groups -OCH3 is 2. The molecule has 7 heteroatoms. The molecular formula is C20H23NO6. The molecule has 0 aliphatic carbocycles. The van der Waals surface area contributed by atoms with Crippen molar-refractivity contribution in [3.8, 4) is 17.2 Å². The summed E-state index contributed by atoms with van der Waals surface area (Å²) >= 11 is 0. The minimum absolute atomic E-state index is 0.182. The molecule has 0 bridgehead atoms. The van der Waals surface area contributed by atoms with E-state index in [-0.39, 0.29) is 12.5 Å². The number of amides is 1. The highest BCUT2D eigenvalue weighted by molar-refractivity contribution is 5.90. The molecule has 1 N–H and O–H groups in total. The van der Waals surface area contributed by atoms with Crippen LogP contribution in [-0.2, 0) is 9.53 Å². The van der Waals surface area contributed by atoms with E-state index in [0.717, 1.165) is 11.3 Å². The van der Waals surface area contributed by atoms with E-state index in [4.69, 9.17) is 14.2 Å². The fourth-order valence-electron chi connectivity index (χ4n) is 2.29. The maximum absolute atomic E-state index is 11.9. The summed E-state index contributed by atoms with van der Waals surface area (Å²) in [6.07, 6.45) is 0. The van der Waals surface area contributed by atoms with Gasteiger partial charge in [0, 0.05) is 0 Å². The Labute approximate surface area is 158 Å². The minimum Gasteiger partial charge on any atom is -0.493 e. The number of ether oxygens (including phenoxy) is 4. The van der Waals surface area contributed by atoms with Crippen molar-refractivity contribution < 1.29 is 28.5 Å². The number of carbonyl (C=O) groups is 2. The van der Waals surface area contributed by atoms with Crippen LogP contribution in [0.25, 0.3) is 0 Å². The zero-order chi connectivity index (χ0) is 19.6. The highest BCUT2D eigenvalue weighted by atomic mass is 16.5. The molecule has 0 aliphatic heterocycles. The van der Waals surface area contributed by atoms with Crippen molar-refractivity contribution in [3.05, 3.63) is 53.6 Å². The van der Waals surface area contributed by atoms with E-state index >= 15 is 0 Å². The normalized spacial score (nSPS) is 10.0. The second-order valence-electron chi connectivity index (χ2n) is 5.66. The van der Waals surface area contributed by atoms with Crippen molar-refractivity contribution in [2.45, 2.75) is 6.92 Å². The number of hydrogen-bond donors (Lipinski definition) is 1. The Morgan fingerprint density at radius 2 is 1.81 bits per heavy atom. The van der Waals surface area contributed by atoms with Crippen molar-refractivity contribution in [3.63, 3.8) is 0 Å². The van der Waals surface area contributed by atoms with Gasteiger partial charge in [-0.05, 0) is 42.8 Å². The van der Waals surface area contributed by atoms with E-state index in [1.54, 1.807) is 6.07 Å². The largest absolute Gasteiger partial charge is 0.493 e. The maximum Gasteiger partial charge on any atom is 0.337 e. The van der Waals surface area contributed by atoms with Crippen LogP contribution in [0.2, 0.25) is 0 Å². The molecule has 0 aromatic heterocycles. The van der Waals surface area contributed by atoms with Crippen molar-refractivity contribution in [1.29, 1.82) is 0 Å². The molecule has 0 spiro atoms. The average molecular weight is 373 g/mol. The highest BCUT2D eigenvalue weighted by Crippen LogP contribution is 2.28. The molecule has 0 atom stereocenters. The van der Waals surface area contributed by atoms with Gasteiger partial charge in [0.1, 0.15) is 12.4 Å². The van der Waals surface area contributed by atoms with Crippen LogP contribution in [0.5, 0.6) is 17.2 Å². The van der Waals surface area contributed by atoms with Gasteiger partial charge in [-0.25, -0.2) is 4.79 Å². The number of aryl methyl sites for hydroxylation is 1. The second-order valence-corrected chi connectivity index (χ2v) is 5.66. The summed E-state index contributed by atoms with van der Waals surface area (Å²) in [7, 11) is 2.75. The summed E-state index contributed by atoms with van der Waals surface area (Å²) in [4.78, 5) is 23.4. The van der Waals surface area contributed by atoms with Gasteiger partial charge in [0.25, 0.3) is 5.91 Å². The Morgan fingerprint density at radius 1 is 1.00 bits per heavy atom. The standard InChI is InChI=1S/C20H23NO6/c1-14-5-4-6-16(11-14)26-10-9-21-19(22)13-27-17-8-7-15(20(23)25-3)12-18(17)24-2/h4-8,11-12H,9-10,13H2,1-3H3,(H,21,22). The SMILES string of the molecule is COC(=O)c1ccc(OCC(=O)NCCOc2cccc(C)c2)c(OC)c1. The van der Waals surface area contributed by atoms with Crippen LogP contribution in [0, 0.1) is 6.92 Å². The lowest BCUT2D eigenvalue weighted by Crippen LogP contribution is -2.32. The van der Waals surface area contributed by atoms with Crippen molar-refractivity contribution in [2.24, 2.45) is 0 Å². The molecule has 2 rings (SSSR count). The Hall–Kier alpha value is -3.22. The lowest BCUT2D eigenvalue weighted by molar-refractivity contribution is -0.123. The number of rotatable bonds is 9. The summed E-state index contributed by atoms with van der Waals surface area (Å²) in [5.41, 5.74) is 1.44. The van der Waals surface area contributed by atoms with Gasteiger partial charge in [0.15, 0.2) is 18.1 Å². The van der Waals surface area contributed by atoms with Crippen LogP contribution >= 0.6 is 0 Å². The molecule has 0 fully saturated rings. The van der Waals surface area contributed by atoms with Crippen LogP contribution in [0.1, 0.15) is 15.9 Å². The first-order valence-corrected chi connectivity index (χ1v) is 8.39. The summed E-state index contributed by atoms with van der Waals surface area (Å²) in [5, 5.41) is 2.71. The Balaban J connectivity index is 1.77. The van der Waals surface area contributed by atoms with Crippen molar-refractivity contribution in [2.75, 3.05) is 34.0 Å². The van der Waals surface area contributed by atoms with E-state index < -0.39 is 5.97 Å². The van der Waals surface area contributed by atoms with Gasteiger partial charge in [0.05, 0.1) is 26.3 Å². The molecule has 0 radical (unpaired) electrons. The maximum atomic E-state index is 11.9. The summed E-state index contributed by atoms with van der Waals surface area (Å²) in [6, 6.07) is 12.3. The molecule has 2 aromatic carbocycles. The molecule has 7 nitrogen and oxygen atoms in total. The summed E-state index contributed by atoms with van der Waals surface area (Å²) in [5.74, 6) is 0.689. The summed E-state index contributed by atoms with van der Waals surface area (Å²) < 4.78 is 20.9. The monoisotopic (exact) mass is 373 g/mol. The van der Waals surface area contributed by atoms with Crippen LogP contribution in [0.15, 0.2) is 42.5 Å². The average Bonchev–Trinajstić information content (AvgIpc) is 2.69. The van der Waals surface area contributed by atoms with Gasteiger partial charge in [-0.15, -0.1) is 0 Å². The highest BCUT2D eigenvalue weighted by Gasteiger charge is 2.12. The van der Waals surface area contributed by atoms with Crippen LogP contribution in [0.3, 0.4) is 0 Å². The number of carbonyl (C=O) groups excluding carboxylic acids is 2. The van der Waals surface area contributed by atoms with Crippen LogP contribution < -0.4 is 19.5 Å². The molecule has 0 saturated carbocycles. The van der Waals surface area contributed by atoms with E-state index in [1.165, 1.54) is 26.4 Å². The van der Waals surface area contributed by atoms with Crippen LogP contribution in [-0.4, -0.2) is 45.9 Å². The topological polar surface area (TPSA) is 83.1 Å². The quantitative estimate of drug-likeness (QED) is 0.537. The number of nitrogens with one attached hydrogen (secondary N) is 1. The van der Waals surface area contributed by atoms with E-state index in [0.29, 0.717) is 30.2 Å². The third-order valence-corrected chi connectivity index (χ3v) is 3.63. The fourth-order valence-corrected chi connectivity index (χ4v) is 2.29. The van der Waals surface area contributed by atoms with Gasteiger partial charge in [-0.2, -0.15) is 0 Å². The molecule has 27 heavy (non-hydrogen) atoms. The molecule has 0 saturated heterocycles. The molecule has 2 aromatic rings. The van der Waals surface area contributed by atoms with E-state index in [9.17, 15) is 9.59 Å². The molecule has 0 unspecified atom stereocenters. The molecule has 1 amide bonds. The summed E-state index contributed by atoms with van der Waals surface area (Å²) in [6.45, 7) is 2.51. The smallest absolute Gasteiger partial charge is 0.337 e. The first kappa shape index (κ1) is 20.1. The first-order valence-electron chi connectivity index (χ1n) is 8.39. The van der Waals surface area contributed by atoms with E-state index in [2.05, 4.69) is 10.1 Å². The third kappa shape index (κ3) is 6.22. The van der Waals surface area contributed by atoms with Crippen molar-refractivity contribution >= 4 is 11.9 Å². The lowest BCUT2D eigenvalue weighted by Gasteiger charge is -2.12. The zero-order valence-electron chi connectivity index (χ0n) is 15.6.